The summed E-state index contributed by atoms with van der Waals surface area (Å²) in [5, 5.41) is 5.98. The second kappa shape index (κ2) is 4.46. The van der Waals surface area contributed by atoms with E-state index in [-0.39, 0.29) is 24.2 Å². The van der Waals surface area contributed by atoms with Crippen molar-refractivity contribution in [3.05, 3.63) is 0 Å². The molecule has 1 saturated heterocycles. The second-order valence-electron chi connectivity index (χ2n) is 5.49. The van der Waals surface area contributed by atoms with Gasteiger partial charge in [-0.15, -0.1) is 0 Å². The Kier molecular flexibility index (Phi) is 2.96. The highest BCUT2D eigenvalue weighted by molar-refractivity contribution is 5.75. The summed E-state index contributed by atoms with van der Waals surface area (Å²) in [4.78, 5) is 11.8. The van der Waals surface area contributed by atoms with Crippen LogP contribution in [0.25, 0.3) is 0 Å². The van der Waals surface area contributed by atoms with Gasteiger partial charge in [-0.2, -0.15) is 0 Å². The van der Waals surface area contributed by atoms with Crippen molar-refractivity contribution in [3.63, 3.8) is 0 Å². The highest BCUT2D eigenvalue weighted by atomic mass is 16.5. The zero-order chi connectivity index (χ0) is 11.8. The Hall–Kier alpha value is -0.810. The van der Waals surface area contributed by atoms with Crippen molar-refractivity contribution in [1.82, 2.24) is 10.6 Å². The predicted octanol–water partition coefficient (Wildman–Crippen LogP) is 0.343. The van der Waals surface area contributed by atoms with Crippen molar-refractivity contribution in [2.45, 2.75) is 56.3 Å². The number of urea groups is 1. The van der Waals surface area contributed by atoms with E-state index in [4.69, 9.17) is 10.5 Å². The number of hydrogen-bond donors (Lipinski definition) is 3. The summed E-state index contributed by atoms with van der Waals surface area (Å²) in [7, 11) is 0. The molecule has 4 unspecified atom stereocenters. The number of rotatable bonds is 2. The molecule has 0 aromatic carbocycles. The lowest BCUT2D eigenvalue weighted by Gasteiger charge is -2.45. The van der Waals surface area contributed by atoms with Crippen molar-refractivity contribution in [1.29, 1.82) is 0 Å². The van der Waals surface area contributed by atoms with Crippen LogP contribution < -0.4 is 16.4 Å². The zero-order valence-electron chi connectivity index (χ0n) is 10.0. The molecule has 3 rings (SSSR count). The number of fused-ring (bicyclic) bond motifs is 1. The first-order valence-electron chi connectivity index (χ1n) is 6.70. The number of nitrogens with two attached hydrogens (primary N) is 1. The van der Waals surface area contributed by atoms with Crippen LogP contribution in [0.3, 0.4) is 0 Å². The maximum Gasteiger partial charge on any atom is 0.315 e. The summed E-state index contributed by atoms with van der Waals surface area (Å²) in [6, 6.07) is 0.346. The molecular formula is C12H21N3O2. The van der Waals surface area contributed by atoms with Crippen molar-refractivity contribution in [2.24, 2.45) is 11.7 Å². The van der Waals surface area contributed by atoms with E-state index < -0.39 is 0 Å². The van der Waals surface area contributed by atoms with E-state index in [0.717, 1.165) is 25.9 Å². The second-order valence-corrected chi connectivity index (χ2v) is 5.49. The van der Waals surface area contributed by atoms with Gasteiger partial charge in [-0.25, -0.2) is 4.79 Å². The SMILES string of the molecule is NC1C2CCOC2C1NC(=O)NC1CCCC1. The van der Waals surface area contributed by atoms with Gasteiger partial charge in [0.25, 0.3) is 0 Å². The van der Waals surface area contributed by atoms with Crippen LogP contribution in [0, 0.1) is 5.92 Å². The quantitative estimate of drug-likeness (QED) is 0.650. The number of ether oxygens (including phenoxy) is 1. The molecule has 3 fully saturated rings. The molecule has 0 spiro atoms. The molecule has 5 heteroatoms. The van der Waals surface area contributed by atoms with Crippen molar-refractivity contribution in [2.75, 3.05) is 6.61 Å². The standard InChI is InChI=1S/C12H21N3O2/c13-9-8-5-6-17-11(8)10(9)15-12(16)14-7-3-1-2-4-7/h7-11H,1-6,13H2,(H2,14,15,16). The highest BCUT2D eigenvalue weighted by Crippen LogP contribution is 2.37. The summed E-state index contributed by atoms with van der Waals surface area (Å²) in [6.45, 7) is 0.783. The lowest BCUT2D eigenvalue weighted by molar-refractivity contribution is -0.0136. The monoisotopic (exact) mass is 239 g/mol. The van der Waals surface area contributed by atoms with Crippen molar-refractivity contribution < 1.29 is 9.53 Å². The molecule has 0 aromatic rings. The topological polar surface area (TPSA) is 76.4 Å². The van der Waals surface area contributed by atoms with Crippen molar-refractivity contribution in [3.8, 4) is 0 Å². The van der Waals surface area contributed by atoms with Crippen LogP contribution in [0.15, 0.2) is 0 Å². The molecule has 96 valence electrons. The molecule has 2 amide bonds. The minimum absolute atomic E-state index is 0.00361. The average molecular weight is 239 g/mol. The number of carbonyl (C=O) groups is 1. The molecule has 2 aliphatic carbocycles. The Morgan fingerprint density at radius 1 is 1.18 bits per heavy atom. The number of carbonyl (C=O) groups excluding carboxylic acids is 1. The number of nitrogens with one attached hydrogen (secondary N) is 2. The third-order valence-electron chi connectivity index (χ3n) is 4.43. The van der Waals surface area contributed by atoms with Gasteiger partial charge in [-0.3, -0.25) is 0 Å². The third kappa shape index (κ3) is 2.02. The van der Waals surface area contributed by atoms with Crippen LogP contribution in [-0.4, -0.2) is 36.9 Å². The zero-order valence-corrected chi connectivity index (χ0v) is 10.0. The molecule has 4 atom stereocenters. The fourth-order valence-electron chi connectivity index (χ4n) is 3.38. The largest absolute Gasteiger partial charge is 0.376 e. The van der Waals surface area contributed by atoms with Crippen LogP contribution in [0.5, 0.6) is 0 Å². The lowest BCUT2D eigenvalue weighted by Crippen LogP contribution is -2.70. The average Bonchev–Trinajstić information content (AvgIpc) is 2.94. The molecule has 1 aliphatic heterocycles. The van der Waals surface area contributed by atoms with E-state index in [0.29, 0.717) is 12.0 Å². The molecule has 3 aliphatic rings. The fourth-order valence-corrected chi connectivity index (χ4v) is 3.38. The number of hydrogen-bond acceptors (Lipinski definition) is 3. The Morgan fingerprint density at radius 3 is 2.71 bits per heavy atom. The summed E-state index contributed by atoms with van der Waals surface area (Å²) in [5.74, 6) is 0.451. The van der Waals surface area contributed by atoms with Crippen LogP contribution in [0.1, 0.15) is 32.1 Å². The van der Waals surface area contributed by atoms with Gasteiger partial charge in [0.1, 0.15) is 0 Å². The lowest BCUT2D eigenvalue weighted by atomic mass is 9.72. The third-order valence-corrected chi connectivity index (χ3v) is 4.43. The molecule has 2 saturated carbocycles. The van der Waals surface area contributed by atoms with Gasteiger partial charge in [0, 0.05) is 24.6 Å². The number of amides is 2. The molecule has 0 bridgehead atoms. The molecule has 1 heterocycles. The highest BCUT2D eigenvalue weighted by Gasteiger charge is 2.52. The Bertz CT molecular complexity index is 304. The minimum atomic E-state index is -0.0775. The maximum atomic E-state index is 11.8. The van der Waals surface area contributed by atoms with E-state index in [1.807, 2.05) is 0 Å². The van der Waals surface area contributed by atoms with E-state index in [1.54, 1.807) is 0 Å². The molecule has 0 aromatic heterocycles. The van der Waals surface area contributed by atoms with E-state index >= 15 is 0 Å². The van der Waals surface area contributed by atoms with E-state index in [9.17, 15) is 4.79 Å². The summed E-state index contributed by atoms with van der Waals surface area (Å²) < 4.78 is 5.58. The van der Waals surface area contributed by atoms with Gasteiger partial charge in [-0.05, 0) is 19.3 Å². The first-order chi connectivity index (χ1) is 8.25. The first-order valence-corrected chi connectivity index (χ1v) is 6.70. The van der Waals surface area contributed by atoms with Gasteiger partial charge in [-0.1, -0.05) is 12.8 Å². The van der Waals surface area contributed by atoms with Gasteiger partial charge < -0.3 is 21.1 Å². The maximum absolute atomic E-state index is 11.8. The van der Waals surface area contributed by atoms with Gasteiger partial charge in [0.15, 0.2) is 0 Å². The van der Waals surface area contributed by atoms with E-state index in [2.05, 4.69) is 10.6 Å². The molecular weight excluding hydrogens is 218 g/mol. The van der Waals surface area contributed by atoms with Gasteiger partial charge in [0.2, 0.25) is 0 Å². The molecule has 0 radical (unpaired) electrons. The van der Waals surface area contributed by atoms with E-state index in [1.165, 1.54) is 12.8 Å². The molecule has 5 nitrogen and oxygen atoms in total. The summed E-state index contributed by atoms with van der Waals surface area (Å²) in [5.41, 5.74) is 6.04. The van der Waals surface area contributed by atoms with Gasteiger partial charge >= 0.3 is 6.03 Å². The molecule has 17 heavy (non-hydrogen) atoms. The van der Waals surface area contributed by atoms with Crippen molar-refractivity contribution >= 4 is 6.03 Å². The first kappa shape index (κ1) is 11.3. The Labute approximate surface area is 101 Å². The van der Waals surface area contributed by atoms with Crippen LogP contribution in [0.2, 0.25) is 0 Å². The summed E-state index contributed by atoms with van der Waals surface area (Å²) >= 11 is 0. The van der Waals surface area contributed by atoms with Crippen LogP contribution >= 0.6 is 0 Å². The summed E-state index contributed by atoms with van der Waals surface area (Å²) in [6.07, 6.45) is 5.84. The van der Waals surface area contributed by atoms with Crippen LogP contribution in [-0.2, 0) is 4.74 Å². The minimum Gasteiger partial charge on any atom is -0.376 e. The smallest absolute Gasteiger partial charge is 0.315 e. The van der Waals surface area contributed by atoms with Gasteiger partial charge in [0.05, 0.1) is 12.1 Å². The predicted molar refractivity (Wildman–Crippen MR) is 63.5 cm³/mol. The Morgan fingerprint density at radius 2 is 1.94 bits per heavy atom. The Balaban J connectivity index is 1.48. The van der Waals surface area contributed by atoms with Crippen LogP contribution in [0.4, 0.5) is 4.79 Å². The molecule has 4 N–H and O–H groups in total. The fraction of sp³-hybridized carbons (Fsp3) is 0.917. The normalized spacial score (nSPS) is 40.8.